The van der Waals surface area contributed by atoms with Crippen molar-refractivity contribution >= 4 is 0 Å². The highest BCUT2D eigenvalue weighted by molar-refractivity contribution is 5.02. The lowest BCUT2D eigenvalue weighted by atomic mass is 10.2. The molecule has 1 aromatic rings. The second-order valence-corrected chi connectivity index (χ2v) is 5.13. The van der Waals surface area contributed by atoms with Crippen molar-refractivity contribution in [2.45, 2.75) is 33.0 Å². The van der Waals surface area contributed by atoms with Crippen LogP contribution in [-0.2, 0) is 17.7 Å². The molecule has 2 N–H and O–H groups in total. The van der Waals surface area contributed by atoms with E-state index in [2.05, 4.69) is 33.9 Å². The Morgan fingerprint density at radius 2 is 2.14 bits per heavy atom. The number of nitrogens with one attached hydrogen (secondary N) is 2. The molecule has 0 fully saturated rings. The first-order valence-electron chi connectivity index (χ1n) is 6.70. The van der Waals surface area contributed by atoms with Crippen molar-refractivity contribution in [3.63, 3.8) is 0 Å². The van der Waals surface area contributed by atoms with Gasteiger partial charge >= 0.3 is 6.18 Å². The van der Waals surface area contributed by atoms with Crippen LogP contribution in [0.4, 0.5) is 13.2 Å². The normalized spacial score (nSPS) is 12.1. The van der Waals surface area contributed by atoms with E-state index in [-0.39, 0.29) is 18.6 Å². The van der Waals surface area contributed by atoms with E-state index < -0.39 is 12.8 Å². The number of alkyl halides is 3. The molecule has 8 heteroatoms. The first-order valence-corrected chi connectivity index (χ1v) is 6.70. The zero-order chi connectivity index (χ0) is 15.9. The minimum Gasteiger partial charge on any atom is -0.372 e. The van der Waals surface area contributed by atoms with Gasteiger partial charge in [-0.15, -0.1) is 0 Å². The van der Waals surface area contributed by atoms with E-state index in [1.165, 1.54) is 6.07 Å². The van der Waals surface area contributed by atoms with Gasteiger partial charge in [-0.05, 0) is 12.5 Å². The summed E-state index contributed by atoms with van der Waals surface area (Å²) in [5, 5.41) is 3.15. The quantitative estimate of drug-likeness (QED) is 0.717. The molecule has 1 heterocycles. The molecule has 0 aliphatic rings. The summed E-state index contributed by atoms with van der Waals surface area (Å²) in [6.45, 7) is 3.90. The predicted octanol–water partition coefficient (Wildman–Crippen LogP) is 1.64. The van der Waals surface area contributed by atoms with Crippen LogP contribution in [0.5, 0.6) is 0 Å². The van der Waals surface area contributed by atoms with Crippen molar-refractivity contribution in [1.82, 2.24) is 15.3 Å². The molecule has 0 saturated carbocycles. The summed E-state index contributed by atoms with van der Waals surface area (Å²) >= 11 is 0. The first kappa shape index (κ1) is 17.6. The van der Waals surface area contributed by atoms with E-state index in [4.69, 9.17) is 0 Å². The summed E-state index contributed by atoms with van der Waals surface area (Å²) in [6, 6.07) is 1.37. The molecule has 0 aliphatic heterocycles. The maximum atomic E-state index is 11.9. The maximum Gasteiger partial charge on any atom is 0.411 e. The average Bonchev–Trinajstić information content (AvgIpc) is 2.32. The zero-order valence-corrected chi connectivity index (χ0v) is 12.1. The molecular formula is C13H20F3N3O2. The molecule has 0 saturated heterocycles. The Morgan fingerprint density at radius 1 is 1.43 bits per heavy atom. The minimum absolute atomic E-state index is 0.128. The molecule has 0 spiro atoms. The highest BCUT2D eigenvalue weighted by Crippen LogP contribution is 2.14. The molecular weight excluding hydrogens is 287 g/mol. The van der Waals surface area contributed by atoms with Crippen molar-refractivity contribution in [3.8, 4) is 0 Å². The molecule has 0 aliphatic carbocycles. The number of aromatic amines is 1. The summed E-state index contributed by atoms with van der Waals surface area (Å²) in [4.78, 5) is 18.1. The highest BCUT2D eigenvalue weighted by Gasteiger charge is 2.27. The van der Waals surface area contributed by atoms with E-state index >= 15 is 0 Å². The molecule has 0 unspecified atom stereocenters. The monoisotopic (exact) mass is 307 g/mol. The second-order valence-electron chi connectivity index (χ2n) is 5.13. The summed E-state index contributed by atoms with van der Waals surface area (Å²) in [6.07, 6.45) is -4.22. The lowest BCUT2D eigenvalue weighted by molar-refractivity contribution is -0.173. The van der Waals surface area contributed by atoms with Gasteiger partial charge in [0, 0.05) is 19.0 Å². The Morgan fingerprint density at radius 3 is 2.76 bits per heavy atom. The molecule has 21 heavy (non-hydrogen) atoms. The van der Waals surface area contributed by atoms with Crippen LogP contribution >= 0.6 is 0 Å². The van der Waals surface area contributed by atoms with Crippen LogP contribution in [0, 0.1) is 5.92 Å². The number of ether oxygens (including phenoxy) is 1. The van der Waals surface area contributed by atoms with E-state index in [1.807, 2.05) is 0 Å². The molecule has 0 amide bonds. The van der Waals surface area contributed by atoms with Crippen molar-refractivity contribution < 1.29 is 17.9 Å². The van der Waals surface area contributed by atoms with Gasteiger partial charge in [-0.2, -0.15) is 13.2 Å². The standard InChI is InChI=1S/C13H20F3N3O2/c1-9(2)6-17-7-10-5-12(20)19-11(18-10)3-4-21-8-13(14,15)16/h5,9,17H,3-4,6-8H2,1-2H3,(H,18,19,20). The smallest absolute Gasteiger partial charge is 0.372 e. The van der Waals surface area contributed by atoms with Crippen LogP contribution in [0.2, 0.25) is 0 Å². The maximum absolute atomic E-state index is 11.9. The Bertz CT molecular complexity index is 486. The van der Waals surface area contributed by atoms with E-state index in [9.17, 15) is 18.0 Å². The summed E-state index contributed by atoms with van der Waals surface area (Å²) in [5.74, 6) is 0.799. The molecule has 5 nitrogen and oxygen atoms in total. The number of nitrogens with zero attached hydrogens (tertiary/aromatic N) is 1. The largest absolute Gasteiger partial charge is 0.411 e. The minimum atomic E-state index is -4.34. The van der Waals surface area contributed by atoms with Crippen LogP contribution in [0.15, 0.2) is 10.9 Å². The fourth-order valence-electron chi connectivity index (χ4n) is 1.62. The lowest BCUT2D eigenvalue weighted by Gasteiger charge is -2.09. The van der Waals surface area contributed by atoms with Gasteiger partial charge in [-0.3, -0.25) is 4.79 Å². The number of aromatic nitrogens is 2. The number of hydrogen-bond acceptors (Lipinski definition) is 4. The molecule has 1 aromatic heterocycles. The van der Waals surface area contributed by atoms with Gasteiger partial charge in [0.15, 0.2) is 0 Å². The fourth-order valence-corrected chi connectivity index (χ4v) is 1.62. The second kappa shape index (κ2) is 8.14. The zero-order valence-electron chi connectivity index (χ0n) is 12.1. The molecule has 120 valence electrons. The predicted molar refractivity (Wildman–Crippen MR) is 72.0 cm³/mol. The average molecular weight is 307 g/mol. The topological polar surface area (TPSA) is 67.0 Å². The van der Waals surface area contributed by atoms with Gasteiger partial charge in [0.2, 0.25) is 0 Å². The number of hydrogen-bond donors (Lipinski definition) is 2. The molecule has 1 rings (SSSR count). The van der Waals surface area contributed by atoms with Crippen molar-refractivity contribution in [1.29, 1.82) is 0 Å². The van der Waals surface area contributed by atoms with Gasteiger partial charge in [-0.25, -0.2) is 4.98 Å². The van der Waals surface area contributed by atoms with Gasteiger partial charge in [-0.1, -0.05) is 13.8 Å². The molecule has 0 radical (unpaired) electrons. The molecule has 0 atom stereocenters. The van der Waals surface area contributed by atoms with Crippen molar-refractivity contribution in [2.24, 2.45) is 5.92 Å². The summed E-state index contributed by atoms with van der Waals surface area (Å²) in [5.41, 5.74) is 0.238. The highest BCUT2D eigenvalue weighted by atomic mass is 19.4. The van der Waals surface area contributed by atoms with Gasteiger partial charge in [0.1, 0.15) is 12.4 Å². The summed E-state index contributed by atoms with van der Waals surface area (Å²) in [7, 11) is 0. The van der Waals surface area contributed by atoms with Crippen LogP contribution < -0.4 is 10.9 Å². The van der Waals surface area contributed by atoms with Crippen LogP contribution in [0.1, 0.15) is 25.4 Å². The van der Waals surface area contributed by atoms with E-state index in [1.54, 1.807) is 0 Å². The van der Waals surface area contributed by atoms with Gasteiger partial charge in [0.05, 0.1) is 12.3 Å². The van der Waals surface area contributed by atoms with Gasteiger partial charge < -0.3 is 15.0 Å². The molecule has 0 aromatic carbocycles. The Hall–Kier alpha value is -1.41. The van der Waals surface area contributed by atoms with Crippen LogP contribution in [0.25, 0.3) is 0 Å². The van der Waals surface area contributed by atoms with Crippen LogP contribution in [0.3, 0.4) is 0 Å². The van der Waals surface area contributed by atoms with E-state index in [0.717, 1.165) is 6.54 Å². The summed E-state index contributed by atoms with van der Waals surface area (Å²) < 4.78 is 40.2. The Labute approximate surface area is 120 Å². The fraction of sp³-hybridized carbons (Fsp3) is 0.692. The SMILES string of the molecule is CC(C)CNCc1cc(=O)[nH]c(CCOCC(F)(F)F)n1. The number of halogens is 3. The third-order valence-electron chi connectivity index (χ3n) is 2.45. The lowest BCUT2D eigenvalue weighted by Crippen LogP contribution is -2.23. The number of rotatable bonds is 8. The first-order chi connectivity index (χ1) is 9.76. The molecule has 0 bridgehead atoms. The van der Waals surface area contributed by atoms with Gasteiger partial charge in [0.25, 0.3) is 5.56 Å². The Balaban J connectivity index is 2.47. The Kier molecular flexibility index (Phi) is 6.83. The third-order valence-corrected chi connectivity index (χ3v) is 2.45. The van der Waals surface area contributed by atoms with Crippen molar-refractivity contribution in [3.05, 3.63) is 27.9 Å². The van der Waals surface area contributed by atoms with Crippen molar-refractivity contribution in [2.75, 3.05) is 19.8 Å². The third kappa shape index (κ3) is 8.46. The number of H-pyrrole nitrogens is 1. The van der Waals surface area contributed by atoms with Crippen LogP contribution in [-0.4, -0.2) is 35.9 Å². The van der Waals surface area contributed by atoms with E-state index in [0.29, 0.717) is 24.0 Å².